The minimum Gasteiger partial charge on any atom is -0.283 e. The van der Waals surface area contributed by atoms with Gasteiger partial charge in [-0.05, 0) is 34.1 Å². The number of hydrogen-bond acceptors (Lipinski definition) is 3. The second kappa shape index (κ2) is 4.68. The zero-order valence-corrected chi connectivity index (χ0v) is 11.8. The molecule has 1 aliphatic heterocycles. The van der Waals surface area contributed by atoms with Gasteiger partial charge < -0.3 is 0 Å². The average Bonchev–Trinajstić information content (AvgIpc) is 2.47. The third-order valence-electron chi connectivity index (χ3n) is 3.10. The zero-order chi connectivity index (χ0) is 14.3. The van der Waals surface area contributed by atoms with Gasteiger partial charge in [0.2, 0.25) is 0 Å². The Hall–Kier alpha value is -2.27. The molecule has 0 N–H and O–H groups in total. The lowest BCUT2D eigenvalue weighted by atomic mass is 9.97. The largest absolute Gasteiger partial charge is 0.306 e. The number of fused-ring (bicyclic) bond motifs is 1. The summed E-state index contributed by atoms with van der Waals surface area (Å²) in [5, 5.41) is 0. The van der Waals surface area contributed by atoms with Crippen molar-refractivity contribution in [1.82, 2.24) is 0 Å². The van der Waals surface area contributed by atoms with E-state index >= 15 is 0 Å². The molecule has 0 unspecified atom stereocenters. The summed E-state index contributed by atoms with van der Waals surface area (Å²) in [4.78, 5) is 37.7. The molecular formula is C15H8BrNO3. The number of benzene rings is 2. The van der Waals surface area contributed by atoms with Crippen molar-refractivity contribution < 1.29 is 14.4 Å². The first-order valence-corrected chi connectivity index (χ1v) is 6.67. The fourth-order valence-electron chi connectivity index (χ4n) is 2.15. The third-order valence-corrected chi connectivity index (χ3v) is 3.77. The Morgan fingerprint density at radius 2 is 1.35 bits per heavy atom. The Labute approximate surface area is 123 Å². The smallest absolute Gasteiger partial charge is 0.283 e. The van der Waals surface area contributed by atoms with Crippen LogP contribution in [0.5, 0.6) is 0 Å². The summed E-state index contributed by atoms with van der Waals surface area (Å²) in [5.74, 6) is -1.99. The Kier molecular flexibility index (Phi) is 2.99. The van der Waals surface area contributed by atoms with Crippen molar-refractivity contribution in [2.45, 2.75) is 0 Å². The maximum atomic E-state index is 12.5. The molecule has 0 radical (unpaired) electrons. The minimum absolute atomic E-state index is 0.158. The molecule has 0 bridgehead atoms. The first-order chi connectivity index (χ1) is 9.61. The van der Waals surface area contributed by atoms with Crippen LogP contribution in [-0.2, 0) is 4.79 Å². The maximum Gasteiger partial charge on any atom is 0.306 e. The highest BCUT2D eigenvalue weighted by molar-refractivity contribution is 9.10. The molecule has 3 rings (SSSR count). The number of halogens is 1. The number of carbonyl (C=O) groups is 3. The van der Waals surface area contributed by atoms with E-state index in [4.69, 9.17) is 0 Å². The summed E-state index contributed by atoms with van der Waals surface area (Å²) in [5.41, 5.74) is 0.768. The molecule has 20 heavy (non-hydrogen) atoms. The number of nitrogens with zero attached hydrogens (tertiary/aromatic N) is 1. The van der Waals surface area contributed by atoms with Gasteiger partial charge in [-0.15, -0.1) is 0 Å². The van der Waals surface area contributed by atoms with Crippen LogP contribution in [0.3, 0.4) is 0 Å². The van der Waals surface area contributed by atoms with Crippen molar-refractivity contribution >= 4 is 39.2 Å². The van der Waals surface area contributed by atoms with Crippen LogP contribution in [0.1, 0.15) is 20.7 Å². The van der Waals surface area contributed by atoms with E-state index in [9.17, 15) is 14.4 Å². The molecule has 4 nitrogen and oxygen atoms in total. The van der Waals surface area contributed by atoms with Gasteiger partial charge in [0.15, 0.2) is 0 Å². The highest BCUT2D eigenvalue weighted by Crippen LogP contribution is 2.30. The molecule has 0 spiro atoms. The van der Waals surface area contributed by atoms with E-state index in [-0.39, 0.29) is 11.1 Å². The van der Waals surface area contributed by atoms with Crippen molar-refractivity contribution in [3.05, 3.63) is 64.1 Å². The van der Waals surface area contributed by atoms with Crippen LogP contribution in [0, 0.1) is 0 Å². The summed E-state index contributed by atoms with van der Waals surface area (Å²) in [6.45, 7) is 0. The second-order valence-electron chi connectivity index (χ2n) is 4.27. The van der Waals surface area contributed by atoms with Gasteiger partial charge in [-0.1, -0.05) is 30.3 Å². The molecular weight excluding hydrogens is 322 g/mol. The van der Waals surface area contributed by atoms with E-state index in [1.54, 1.807) is 42.5 Å². The van der Waals surface area contributed by atoms with E-state index in [1.165, 1.54) is 6.07 Å². The number of imide groups is 1. The van der Waals surface area contributed by atoms with Gasteiger partial charge in [-0.2, -0.15) is 0 Å². The monoisotopic (exact) mass is 329 g/mol. The van der Waals surface area contributed by atoms with Crippen LogP contribution in [0.25, 0.3) is 0 Å². The lowest BCUT2D eigenvalue weighted by Gasteiger charge is -2.26. The molecule has 1 heterocycles. The fraction of sp³-hybridized carbons (Fsp3) is 0. The van der Waals surface area contributed by atoms with Crippen molar-refractivity contribution in [3.8, 4) is 0 Å². The van der Waals surface area contributed by atoms with Crippen molar-refractivity contribution in [3.63, 3.8) is 0 Å². The lowest BCUT2D eigenvalue weighted by molar-refractivity contribution is -0.114. The second-order valence-corrected chi connectivity index (χ2v) is 5.13. The van der Waals surface area contributed by atoms with E-state index in [0.29, 0.717) is 10.2 Å². The maximum absolute atomic E-state index is 12.5. The van der Waals surface area contributed by atoms with Gasteiger partial charge in [0.1, 0.15) is 0 Å². The van der Waals surface area contributed by atoms with Gasteiger partial charge in [-0.25, -0.2) is 4.90 Å². The zero-order valence-electron chi connectivity index (χ0n) is 10.2. The normalized spacial score (nSPS) is 14.4. The summed E-state index contributed by atoms with van der Waals surface area (Å²) in [6.07, 6.45) is 0. The Morgan fingerprint density at radius 1 is 0.750 bits per heavy atom. The first-order valence-electron chi connectivity index (χ1n) is 5.88. The molecule has 98 valence electrons. The van der Waals surface area contributed by atoms with E-state index in [0.717, 1.165) is 4.90 Å². The van der Waals surface area contributed by atoms with Gasteiger partial charge in [0.05, 0.1) is 11.3 Å². The van der Waals surface area contributed by atoms with Crippen LogP contribution in [0.4, 0.5) is 5.69 Å². The summed E-state index contributed by atoms with van der Waals surface area (Å²) < 4.78 is 0.578. The highest BCUT2D eigenvalue weighted by atomic mass is 79.9. The van der Waals surface area contributed by atoms with E-state index in [1.807, 2.05) is 0 Å². The predicted octanol–water partition coefficient (Wildman–Crippen LogP) is 2.82. The summed E-state index contributed by atoms with van der Waals surface area (Å²) in [7, 11) is 0. The molecule has 0 atom stereocenters. The predicted molar refractivity (Wildman–Crippen MR) is 76.7 cm³/mol. The molecule has 2 aromatic carbocycles. The molecule has 5 heteroatoms. The van der Waals surface area contributed by atoms with Crippen LogP contribution >= 0.6 is 15.9 Å². The Morgan fingerprint density at radius 3 is 2.05 bits per heavy atom. The van der Waals surface area contributed by atoms with Crippen LogP contribution in [0.15, 0.2) is 53.0 Å². The molecule has 2 amide bonds. The van der Waals surface area contributed by atoms with Crippen molar-refractivity contribution in [1.29, 1.82) is 0 Å². The molecule has 0 fully saturated rings. The number of ketones is 1. The summed E-state index contributed by atoms with van der Waals surface area (Å²) >= 11 is 3.29. The summed E-state index contributed by atoms with van der Waals surface area (Å²) in [6, 6.07) is 13.1. The van der Waals surface area contributed by atoms with Gasteiger partial charge in [-0.3, -0.25) is 14.4 Å². The first kappa shape index (κ1) is 12.7. The molecule has 0 saturated heterocycles. The number of rotatable bonds is 1. The lowest BCUT2D eigenvalue weighted by Crippen LogP contribution is -2.46. The van der Waals surface area contributed by atoms with Crippen molar-refractivity contribution in [2.75, 3.05) is 4.90 Å². The number of carbonyl (C=O) groups excluding carboxylic acids is 3. The number of para-hydroxylation sites is 1. The van der Waals surface area contributed by atoms with Crippen molar-refractivity contribution in [2.24, 2.45) is 0 Å². The number of hydrogen-bond donors (Lipinski definition) is 0. The van der Waals surface area contributed by atoms with E-state index < -0.39 is 17.6 Å². The van der Waals surface area contributed by atoms with Gasteiger partial charge in [0, 0.05) is 10.0 Å². The third kappa shape index (κ3) is 1.78. The van der Waals surface area contributed by atoms with Crippen LogP contribution < -0.4 is 4.90 Å². The SMILES string of the molecule is O=C1C(=O)N(c2ccccc2Br)C(=O)c2ccccc21. The standard InChI is InChI=1S/C15H8BrNO3/c16-11-7-3-4-8-12(11)17-14(19)10-6-2-1-5-9(10)13(18)15(17)20/h1-8H. The average molecular weight is 330 g/mol. The molecule has 0 aliphatic carbocycles. The molecule has 0 saturated carbocycles. The quantitative estimate of drug-likeness (QED) is 0.597. The minimum atomic E-state index is -0.833. The molecule has 2 aromatic rings. The Bertz CT molecular complexity index is 754. The Balaban J connectivity index is 2.20. The topological polar surface area (TPSA) is 54.5 Å². The van der Waals surface area contributed by atoms with Gasteiger partial charge >= 0.3 is 5.91 Å². The van der Waals surface area contributed by atoms with Gasteiger partial charge in [0.25, 0.3) is 11.7 Å². The fourth-order valence-corrected chi connectivity index (χ4v) is 2.61. The molecule has 1 aliphatic rings. The van der Waals surface area contributed by atoms with Crippen LogP contribution in [0.2, 0.25) is 0 Å². The van der Waals surface area contributed by atoms with E-state index in [2.05, 4.69) is 15.9 Å². The highest BCUT2D eigenvalue weighted by Gasteiger charge is 2.38. The molecule has 0 aromatic heterocycles. The van der Waals surface area contributed by atoms with Crippen LogP contribution in [-0.4, -0.2) is 17.6 Å². The number of Topliss-reactive ketones (excluding diaryl/α,β-unsaturated/α-hetero) is 1. The number of amides is 2. The number of anilines is 1.